The maximum atomic E-state index is 9.87. The van der Waals surface area contributed by atoms with E-state index in [9.17, 15) is 25.2 Å². The second-order valence-corrected chi connectivity index (χ2v) is 8.47. The molecule has 2 aromatic carbocycles. The van der Waals surface area contributed by atoms with Crippen LogP contribution in [0, 0.1) is 0 Å². The normalized spacial score (nSPS) is 12.0. The number of aliphatic hydroxyl groups is 1. The number of nitrogens with zero attached hydrogens (tertiary/aromatic N) is 2. The molecule has 0 aliphatic rings. The van der Waals surface area contributed by atoms with Crippen LogP contribution in [0.25, 0.3) is 22.3 Å². The first-order valence-corrected chi connectivity index (χ1v) is 11.9. The number of halogens is 6. The zero-order valence-electron chi connectivity index (χ0n) is 18.9. The van der Waals surface area contributed by atoms with Crippen LogP contribution in [-0.4, -0.2) is 24.3 Å². The number of pyridine rings is 2. The van der Waals surface area contributed by atoms with Gasteiger partial charge in [-0.05, 0) is 34.4 Å². The molecule has 0 saturated carbocycles. The average Bonchev–Trinajstić information content (AvgIpc) is 2.85. The van der Waals surface area contributed by atoms with Gasteiger partial charge >= 0.3 is 33.0 Å². The molecule has 0 atom stereocenters. The quantitative estimate of drug-likeness (QED) is 0.174. The summed E-state index contributed by atoms with van der Waals surface area (Å²) in [5.74, 6) is 0. The van der Waals surface area contributed by atoms with Crippen LogP contribution in [0.5, 0.6) is 0 Å². The third-order valence-electron chi connectivity index (χ3n) is 3.91. The van der Waals surface area contributed by atoms with Gasteiger partial charge in [0.2, 0.25) is 12.4 Å². The predicted octanol–water partition coefficient (Wildman–Crippen LogP) is 7.44. The summed E-state index contributed by atoms with van der Waals surface area (Å²) in [6.07, 6.45) is 7.40. The largest absolute Gasteiger partial charge is 0.265 e. The van der Waals surface area contributed by atoms with Crippen molar-refractivity contribution < 1.29 is 39.9 Å². The van der Waals surface area contributed by atoms with Crippen LogP contribution in [0.4, 0.5) is 25.2 Å². The summed E-state index contributed by atoms with van der Waals surface area (Å²) in [7, 11) is -8.02. The number of rotatable bonds is 3. The Hall–Kier alpha value is -3.49. The number of aliphatic hydroxyl groups excluding tert-OH is 1. The fourth-order valence-electron chi connectivity index (χ4n) is 2.53. The van der Waals surface area contributed by atoms with E-state index in [1.807, 2.05) is 85.5 Å². The molecule has 0 aliphatic heterocycles. The molecule has 0 aliphatic carbocycles. The van der Waals surface area contributed by atoms with Crippen molar-refractivity contribution in [2.24, 2.45) is 0 Å². The summed E-state index contributed by atoms with van der Waals surface area (Å²) in [4.78, 5) is 8.99. The summed E-state index contributed by atoms with van der Waals surface area (Å²) in [5.41, 5.74) is 4.86. The van der Waals surface area contributed by atoms with E-state index in [2.05, 4.69) is 29.2 Å². The van der Waals surface area contributed by atoms with Crippen LogP contribution in [0.15, 0.2) is 110 Å². The molecule has 0 fully saturated rings. The number of hydrogen-bond acceptors (Lipinski definition) is 3. The van der Waals surface area contributed by atoms with Crippen molar-refractivity contribution >= 4 is 7.81 Å². The van der Waals surface area contributed by atoms with Gasteiger partial charge < -0.3 is 5.11 Å². The van der Waals surface area contributed by atoms with Crippen molar-refractivity contribution in [3.8, 4) is 22.3 Å². The first kappa shape index (κ1) is 29.5. The van der Waals surface area contributed by atoms with Crippen molar-refractivity contribution in [1.29, 1.82) is 0 Å². The molecule has 0 spiro atoms. The monoisotopic (exact) mass is 518 g/mol. The standard InChI is InChI=1S/C12H12NO.C11H9N.CH4O.F6P/c1-14-13-9-7-12(8-10-13)11-5-3-2-4-6-11;1-2-4-10(5-3-1)11-6-8-12-9-7-11;1-2;1-7(2,3,4,5)6/h2-10H,1H3;1-9H;2H,1H3;/q+1;;;-1. The Bertz CT molecular complexity index is 1070. The number of aromatic nitrogens is 2. The zero-order chi connectivity index (χ0) is 26.4. The topological polar surface area (TPSA) is 46.2 Å². The fraction of sp³-hybridized carbons (Fsp3) is 0.0833. The molecule has 0 radical (unpaired) electrons. The Labute approximate surface area is 199 Å². The number of hydrogen-bond donors (Lipinski definition) is 1. The van der Waals surface area contributed by atoms with E-state index in [0.29, 0.717) is 0 Å². The van der Waals surface area contributed by atoms with E-state index in [-0.39, 0.29) is 0 Å². The molecule has 11 heteroatoms. The van der Waals surface area contributed by atoms with Crippen LogP contribution in [-0.2, 0) is 0 Å². The summed E-state index contributed by atoms with van der Waals surface area (Å²) in [6, 6.07) is 28.6. The minimum atomic E-state index is -10.7. The SMILES string of the molecule is CO.CO[n+]1ccc(-c2ccccc2)cc1.F[P-](F)(F)(F)(F)F.c1ccc(-c2ccncc2)cc1. The molecule has 4 rings (SSSR count). The van der Waals surface area contributed by atoms with Crippen LogP contribution in [0.3, 0.4) is 0 Å². The summed E-state index contributed by atoms with van der Waals surface area (Å²) in [5, 5.41) is 7.00. The fourth-order valence-corrected chi connectivity index (χ4v) is 2.53. The molecule has 1 N–H and O–H groups in total. The molecule has 190 valence electrons. The van der Waals surface area contributed by atoms with E-state index >= 15 is 0 Å². The molecule has 4 nitrogen and oxygen atoms in total. The van der Waals surface area contributed by atoms with Crippen LogP contribution in [0.2, 0.25) is 0 Å². The van der Waals surface area contributed by atoms with Gasteiger partial charge in [0.25, 0.3) is 0 Å². The molecular formula is C24H25F6N2O2P. The van der Waals surface area contributed by atoms with Gasteiger partial charge in [-0.1, -0.05) is 60.7 Å². The minimum Gasteiger partial charge on any atom is -0.265 e. The van der Waals surface area contributed by atoms with Gasteiger partial charge in [-0.25, -0.2) is 0 Å². The molecule has 0 bridgehead atoms. The van der Waals surface area contributed by atoms with Crippen molar-refractivity contribution in [2.45, 2.75) is 0 Å². The Kier molecular flexibility index (Phi) is 10.4. The van der Waals surface area contributed by atoms with Crippen molar-refractivity contribution in [3.05, 3.63) is 110 Å². The van der Waals surface area contributed by atoms with E-state index in [1.165, 1.54) is 22.3 Å². The van der Waals surface area contributed by atoms with Gasteiger partial charge in [-0.2, -0.15) is 0 Å². The second-order valence-electron chi connectivity index (χ2n) is 6.56. The van der Waals surface area contributed by atoms with Crippen molar-refractivity contribution in [1.82, 2.24) is 4.98 Å². The summed E-state index contributed by atoms with van der Waals surface area (Å²) in [6.45, 7) is 0. The van der Waals surface area contributed by atoms with Crippen molar-refractivity contribution in [2.75, 3.05) is 14.2 Å². The minimum absolute atomic E-state index is 1.00. The predicted molar refractivity (Wildman–Crippen MR) is 126 cm³/mol. The zero-order valence-corrected chi connectivity index (χ0v) is 19.8. The molecule has 4 aromatic rings. The van der Waals surface area contributed by atoms with Gasteiger partial charge in [0.05, 0.1) is 0 Å². The third-order valence-corrected chi connectivity index (χ3v) is 3.91. The first-order chi connectivity index (χ1) is 16.3. The summed E-state index contributed by atoms with van der Waals surface area (Å²) < 4.78 is 60.9. The van der Waals surface area contributed by atoms with Crippen LogP contribution < -0.4 is 9.57 Å². The molecule has 0 unspecified atom stereocenters. The molecule has 2 aromatic heterocycles. The Morgan fingerprint density at radius 3 is 1.26 bits per heavy atom. The second kappa shape index (κ2) is 12.3. The van der Waals surface area contributed by atoms with Gasteiger partial charge in [-0.3, -0.25) is 9.82 Å². The molecule has 35 heavy (non-hydrogen) atoms. The molecule has 0 saturated heterocycles. The van der Waals surface area contributed by atoms with Gasteiger partial charge in [0.1, 0.15) is 7.11 Å². The Balaban J connectivity index is 0.000000267. The Morgan fingerprint density at radius 1 is 0.600 bits per heavy atom. The molecular weight excluding hydrogens is 493 g/mol. The maximum absolute atomic E-state index is 10.7. The van der Waals surface area contributed by atoms with Gasteiger partial charge in [0.15, 0.2) is 0 Å². The van der Waals surface area contributed by atoms with E-state index in [0.717, 1.165) is 7.11 Å². The maximum Gasteiger partial charge on any atom is 0.0273 e. The van der Waals surface area contributed by atoms with Gasteiger partial charge in [-0.15, -0.1) is 0 Å². The van der Waals surface area contributed by atoms with Crippen LogP contribution in [0.1, 0.15) is 0 Å². The smallest absolute Gasteiger partial charge is 0.0273 e. The van der Waals surface area contributed by atoms with Crippen molar-refractivity contribution in [3.63, 3.8) is 0 Å². The summed E-state index contributed by atoms with van der Waals surface area (Å²) >= 11 is 0. The Morgan fingerprint density at radius 2 is 0.914 bits per heavy atom. The number of benzene rings is 2. The molecule has 0 amide bonds. The first-order valence-electron chi connectivity index (χ1n) is 9.89. The third kappa shape index (κ3) is 15.1. The van der Waals surface area contributed by atoms with Crippen LogP contribution >= 0.6 is 7.81 Å². The average molecular weight is 518 g/mol. The molecule has 2 heterocycles. The van der Waals surface area contributed by atoms with E-state index in [1.54, 1.807) is 11.8 Å². The van der Waals surface area contributed by atoms with Gasteiger partial charge in [0, 0.05) is 36.4 Å². The van der Waals surface area contributed by atoms with E-state index in [4.69, 9.17) is 9.94 Å². The van der Waals surface area contributed by atoms with E-state index < -0.39 is 7.81 Å².